The van der Waals surface area contributed by atoms with Gasteiger partial charge in [-0.1, -0.05) is 6.07 Å². The molecule has 3 aromatic rings. The van der Waals surface area contributed by atoms with Crippen LogP contribution in [0.25, 0.3) is 0 Å². The lowest BCUT2D eigenvalue weighted by atomic mass is 9.95. The highest BCUT2D eigenvalue weighted by Gasteiger charge is 2.31. The zero-order valence-electron chi connectivity index (χ0n) is 21.0. The van der Waals surface area contributed by atoms with Crippen molar-refractivity contribution in [2.75, 3.05) is 13.1 Å². The first-order valence-electron chi connectivity index (χ1n) is 12.2. The summed E-state index contributed by atoms with van der Waals surface area (Å²) in [6.45, 7) is 0.904. The van der Waals surface area contributed by atoms with E-state index >= 15 is 0 Å². The number of rotatable bonds is 7. The average molecular weight is 551 g/mol. The van der Waals surface area contributed by atoms with E-state index in [1.165, 1.54) is 30.3 Å². The predicted octanol–water partition coefficient (Wildman–Crippen LogP) is 2.15. The molecule has 4 rings (SSSR count). The largest absolute Gasteiger partial charge is 0.508 e. The minimum Gasteiger partial charge on any atom is -0.508 e. The van der Waals surface area contributed by atoms with Gasteiger partial charge in [0, 0.05) is 12.1 Å². The Labute approximate surface area is 227 Å². The van der Waals surface area contributed by atoms with Crippen molar-refractivity contribution < 1.29 is 49.4 Å². The second-order valence-electron chi connectivity index (χ2n) is 9.14. The fourth-order valence-electron chi connectivity index (χ4n) is 4.42. The summed E-state index contributed by atoms with van der Waals surface area (Å²) in [6, 6.07) is 10.1. The van der Waals surface area contributed by atoms with Crippen molar-refractivity contribution in [1.82, 2.24) is 10.6 Å². The maximum Gasteiger partial charge on any atom is 0.338 e. The third-order valence-electron chi connectivity index (χ3n) is 6.42. The van der Waals surface area contributed by atoms with Gasteiger partial charge in [0.25, 0.3) is 5.91 Å². The number of carboxylic acids is 1. The van der Waals surface area contributed by atoms with Gasteiger partial charge in [-0.25, -0.2) is 9.59 Å². The van der Waals surface area contributed by atoms with Crippen LogP contribution in [0, 0.1) is 0 Å². The van der Waals surface area contributed by atoms with E-state index in [-0.39, 0.29) is 23.4 Å². The molecule has 208 valence electrons. The van der Waals surface area contributed by atoms with E-state index in [4.69, 9.17) is 4.74 Å². The summed E-state index contributed by atoms with van der Waals surface area (Å²) in [6.07, 6.45) is 0.229. The summed E-state index contributed by atoms with van der Waals surface area (Å²) in [7, 11) is 0. The summed E-state index contributed by atoms with van der Waals surface area (Å²) in [4.78, 5) is 50.3. The van der Waals surface area contributed by atoms with Crippen molar-refractivity contribution in [3.8, 4) is 23.0 Å². The molecule has 0 bridgehead atoms. The Morgan fingerprint density at radius 1 is 0.850 bits per heavy atom. The van der Waals surface area contributed by atoms with E-state index in [2.05, 4.69) is 10.6 Å². The lowest BCUT2D eigenvalue weighted by Crippen LogP contribution is -2.49. The van der Waals surface area contributed by atoms with E-state index in [1.54, 1.807) is 0 Å². The van der Waals surface area contributed by atoms with E-state index in [0.717, 1.165) is 24.3 Å². The standard InChI is InChI=1S/C28H26N2O10/c31-16-8-6-14(7-9-16)26(36)30-18-13-29-10-2-5-22(18)40-28(39)15-11-20(33)24(21(34)12-15)25(35)23-17(27(37)38)3-1-4-19(23)32/h1,3-4,6-9,11-12,18,22,29,31-34H,2,5,10,13H2,(H,30,36)(H,37,38)/t18-,22+/m1/s1. The summed E-state index contributed by atoms with van der Waals surface area (Å²) >= 11 is 0. The Hall–Kier alpha value is -5.10. The SMILES string of the molecule is O=C(N[C@@H]1CNCCC[C@@H]1OC(=O)c1cc(O)c(C(=O)c2c(O)cccc2C(=O)O)c(O)c1)c1ccc(O)cc1. The number of carbonyl (C=O) groups excluding carboxylic acids is 3. The van der Waals surface area contributed by atoms with Crippen LogP contribution < -0.4 is 10.6 Å². The van der Waals surface area contributed by atoms with Crippen LogP contribution in [0.3, 0.4) is 0 Å². The molecular weight excluding hydrogens is 524 g/mol. The fourth-order valence-corrected chi connectivity index (χ4v) is 4.42. The van der Waals surface area contributed by atoms with Gasteiger partial charge in [-0.2, -0.15) is 0 Å². The summed E-state index contributed by atoms with van der Waals surface area (Å²) in [5.74, 6) is -6.42. The van der Waals surface area contributed by atoms with Crippen LogP contribution in [-0.2, 0) is 4.74 Å². The molecule has 1 heterocycles. The highest BCUT2D eigenvalue weighted by Crippen LogP contribution is 2.35. The molecule has 12 nitrogen and oxygen atoms in total. The molecule has 0 spiro atoms. The smallest absolute Gasteiger partial charge is 0.338 e. The Bertz CT molecular complexity index is 1450. The van der Waals surface area contributed by atoms with Crippen LogP contribution in [-0.4, -0.2) is 74.4 Å². The van der Waals surface area contributed by atoms with Crippen LogP contribution in [0.4, 0.5) is 0 Å². The molecule has 0 aliphatic carbocycles. The molecule has 0 radical (unpaired) electrons. The molecular formula is C28H26N2O10. The number of carbonyl (C=O) groups is 4. The Morgan fingerprint density at radius 3 is 2.17 bits per heavy atom. The van der Waals surface area contributed by atoms with Gasteiger partial charge < -0.3 is 40.9 Å². The molecule has 7 N–H and O–H groups in total. The molecule has 0 aromatic heterocycles. The zero-order chi connectivity index (χ0) is 29.0. The molecule has 1 saturated heterocycles. The molecule has 40 heavy (non-hydrogen) atoms. The van der Waals surface area contributed by atoms with E-state index < -0.39 is 69.7 Å². The normalized spacial score (nSPS) is 16.9. The summed E-state index contributed by atoms with van der Waals surface area (Å²) in [5.41, 5.74) is -1.91. The molecule has 1 amide bonds. The molecule has 3 aromatic carbocycles. The number of carboxylic acid groups (broad SMARTS) is 1. The van der Waals surface area contributed by atoms with Crippen LogP contribution in [0.15, 0.2) is 54.6 Å². The first kappa shape index (κ1) is 27.9. The number of ketones is 1. The van der Waals surface area contributed by atoms with Crippen molar-refractivity contribution in [2.45, 2.75) is 25.0 Å². The quantitative estimate of drug-likeness (QED) is 0.168. The number of phenols is 4. The van der Waals surface area contributed by atoms with Crippen molar-refractivity contribution in [2.24, 2.45) is 0 Å². The van der Waals surface area contributed by atoms with Gasteiger partial charge in [-0.3, -0.25) is 9.59 Å². The van der Waals surface area contributed by atoms with Crippen molar-refractivity contribution in [1.29, 1.82) is 0 Å². The maximum atomic E-state index is 13.0. The minimum absolute atomic E-state index is 0.00149. The molecule has 0 saturated carbocycles. The van der Waals surface area contributed by atoms with Crippen LogP contribution in [0.1, 0.15) is 59.8 Å². The van der Waals surface area contributed by atoms with Gasteiger partial charge in [0.15, 0.2) is 0 Å². The number of nitrogens with one attached hydrogen (secondary N) is 2. The third-order valence-corrected chi connectivity index (χ3v) is 6.42. The Balaban J connectivity index is 1.55. The fraction of sp³-hybridized carbons (Fsp3) is 0.214. The molecule has 1 aliphatic heterocycles. The van der Waals surface area contributed by atoms with Gasteiger partial charge in [-0.05, 0) is 67.9 Å². The number of benzene rings is 3. The predicted molar refractivity (Wildman–Crippen MR) is 139 cm³/mol. The van der Waals surface area contributed by atoms with E-state index in [1.807, 2.05) is 0 Å². The maximum absolute atomic E-state index is 13.0. The van der Waals surface area contributed by atoms with Gasteiger partial charge in [0.2, 0.25) is 5.78 Å². The van der Waals surface area contributed by atoms with Crippen LogP contribution in [0.5, 0.6) is 23.0 Å². The minimum atomic E-state index is -1.51. The van der Waals surface area contributed by atoms with Gasteiger partial charge in [-0.15, -0.1) is 0 Å². The van der Waals surface area contributed by atoms with Crippen LogP contribution in [0.2, 0.25) is 0 Å². The lowest BCUT2D eigenvalue weighted by molar-refractivity contribution is 0.0191. The summed E-state index contributed by atoms with van der Waals surface area (Å²) < 4.78 is 5.63. The van der Waals surface area contributed by atoms with E-state index in [9.17, 15) is 44.7 Å². The Kier molecular flexibility index (Phi) is 8.20. The molecule has 1 fully saturated rings. The second kappa shape index (κ2) is 11.7. The molecule has 1 aliphatic rings. The number of phenolic OH excluding ortho intramolecular Hbond substituents is 4. The van der Waals surface area contributed by atoms with Gasteiger partial charge in [0.05, 0.1) is 22.7 Å². The first-order valence-corrected chi connectivity index (χ1v) is 12.2. The highest BCUT2D eigenvalue weighted by molar-refractivity contribution is 6.18. The van der Waals surface area contributed by atoms with Crippen molar-refractivity contribution >= 4 is 23.6 Å². The second-order valence-corrected chi connectivity index (χ2v) is 9.14. The van der Waals surface area contributed by atoms with Crippen molar-refractivity contribution in [3.63, 3.8) is 0 Å². The number of hydrogen-bond acceptors (Lipinski definition) is 10. The lowest BCUT2D eigenvalue weighted by Gasteiger charge is -2.26. The first-order chi connectivity index (χ1) is 19.1. The number of ether oxygens (including phenoxy) is 1. The number of esters is 1. The third kappa shape index (κ3) is 5.97. The van der Waals surface area contributed by atoms with Crippen molar-refractivity contribution in [3.05, 3.63) is 82.4 Å². The molecule has 0 unspecified atom stereocenters. The molecule has 2 atom stereocenters. The van der Waals surface area contributed by atoms with Gasteiger partial charge in [0.1, 0.15) is 34.7 Å². The van der Waals surface area contributed by atoms with Crippen LogP contribution >= 0.6 is 0 Å². The number of hydrogen-bond donors (Lipinski definition) is 7. The number of aromatic carboxylic acids is 1. The number of aromatic hydroxyl groups is 4. The van der Waals surface area contributed by atoms with Gasteiger partial charge >= 0.3 is 11.9 Å². The average Bonchev–Trinajstić information content (AvgIpc) is 3.12. The van der Waals surface area contributed by atoms with E-state index in [0.29, 0.717) is 19.4 Å². The summed E-state index contributed by atoms with van der Waals surface area (Å²) in [5, 5.41) is 56.0. The number of amides is 1. The Morgan fingerprint density at radius 2 is 1.52 bits per heavy atom. The highest BCUT2D eigenvalue weighted by atomic mass is 16.5. The topological polar surface area (TPSA) is 203 Å². The monoisotopic (exact) mass is 550 g/mol. The molecule has 12 heteroatoms. The zero-order valence-corrected chi connectivity index (χ0v) is 21.0.